The highest BCUT2D eigenvalue weighted by Gasteiger charge is 2.28. The van der Waals surface area contributed by atoms with Gasteiger partial charge in [0.1, 0.15) is 30.1 Å². The van der Waals surface area contributed by atoms with E-state index in [0.29, 0.717) is 22.5 Å². The summed E-state index contributed by atoms with van der Waals surface area (Å²) in [5.74, 6) is -0.602. The maximum absolute atomic E-state index is 12.3. The van der Waals surface area contributed by atoms with Crippen molar-refractivity contribution in [2.45, 2.75) is 19.1 Å². The van der Waals surface area contributed by atoms with Crippen LogP contribution in [0.1, 0.15) is 12.5 Å². The number of nitrogens with zero attached hydrogens (tertiary/aromatic N) is 5. The first-order valence-electron chi connectivity index (χ1n) is 9.99. The molecule has 9 nitrogen and oxygen atoms in total. The molecular weight excluding hydrogens is 449 g/mol. The van der Waals surface area contributed by atoms with Gasteiger partial charge in [-0.15, -0.1) is 0 Å². The molecular formula is C22H17F3N8O. The summed E-state index contributed by atoms with van der Waals surface area (Å²) < 4.78 is 37.0. The molecule has 172 valence electrons. The number of hydrogen-bond donors (Lipinski definition) is 3. The van der Waals surface area contributed by atoms with Gasteiger partial charge in [-0.05, 0) is 19.1 Å². The Labute approximate surface area is 191 Å². The van der Waals surface area contributed by atoms with Crippen molar-refractivity contribution in [1.29, 1.82) is 5.26 Å². The van der Waals surface area contributed by atoms with E-state index >= 15 is 0 Å². The molecule has 0 spiro atoms. The van der Waals surface area contributed by atoms with E-state index in [9.17, 15) is 18.0 Å². The van der Waals surface area contributed by atoms with Gasteiger partial charge in [-0.1, -0.05) is 0 Å². The smallest absolute Gasteiger partial charge is 0.357 e. The monoisotopic (exact) mass is 466 g/mol. The highest BCUT2D eigenvalue weighted by Crippen LogP contribution is 2.30. The molecule has 0 radical (unpaired) electrons. The van der Waals surface area contributed by atoms with E-state index in [1.165, 1.54) is 25.5 Å². The van der Waals surface area contributed by atoms with E-state index in [4.69, 9.17) is 5.26 Å². The molecule has 0 aromatic carbocycles. The molecule has 1 atom stereocenters. The fourth-order valence-electron chi connectivity index (χ4n) is 3.23. The third kappa shape index (κ3) is 5.09. The first-order valence-corrected chi connectivity index (χ1v) is 9.99. The van der Waals surface area contributed by atoms with Gasteiger partial charge in [0.2, 0.25) is 5.91 Å². The zero-order chi connectivity index (χ0) is 24.3. The topological polar surface area (TPSA) is 132 Å². The molecule has 0 unspecified atom stereocenters. The van der Waals surface area contributed by atoms with Gasteiger partial charge >= 0.3 is 6.18 Å². The van der Waals surface area contributed by atoms with E-state index < -0.39 is 24.7 Å². The van der Waals surface area contributed by atoms with Gasteiger partial charge in [-0.25, -0.2) is 9.97 Å². The van der Waals surface area contributed by atoms with E-state index in [1.54, 1.807) is 24.7 Å². The SMILES string of the molecule is C[C@@H](Nc1cncc(-c2c[nH]c3ncc(-c4cncc(C#N)c4)cc23)n1)C(=O)NCC(F)(F)F. The minimum absolute atomic E-state index is 0.219. The van der Waals surface area contributed by atoms with Crippen LogP contribution in [-0.2, 0) is 4.79 Å². The van der Waals surface area contributed by atoms with Crippen LogP contribution in [0.2, 0.25) is 0 Å². The highest BCUT2D eigenvalue weighted by molar-refractivity contribution is 5.95. The number of halogens is 3. The Kier molecular flexibility index (Phi) is 6.09. The zero-order valence-electron chi connectivity index (χ0n) is 17.7. The van der Waals surface area contributed by atoms with Crippen molar-refractivity contribution >= 4 is 22.8 Å². The lowest BCUT2D eigenvalue weighted by atomic mass is 10.1. The number of hydrogen-bond acceptors (Lipinski definition) is 7. The summed E-state index contributed by atoms with van der Waals surface area (Å²) in [6, 6.07) is 4.67. The van der Waals surface area contributed by atoms with Crippen LogP contribution in [0.5, 0.6) is 0 Å². The van der Waals surface area contributed by atoms with Gasteiger partial charge in [0.15, 0.2) is 0 Å². The molecule has 3 N–H and O–H groups in total. The fraction of sp³-hybridized carbons (Fsp3) is 0.182. The Morgan fingerprint density at radius 1 is 1.15 bits per heavy atom. The number of aromatic nitrogens is 5. The third-order valence-corrected chi connectivity index (χ3v) is 4.86. The minimum Gasteiger partial charge on any atom is -0.357 e. The van der Waals surface area contributed by atoms with Gasteiger partial charge < -0.3 is 15.6 Å². The van der Waals surface area contributed by atoms with Gasteiger partial charge in [0.05, 0.1) is 23.7 Å². The molecule has 0 fully saturated rings. The Morgan fingerprint density at radius 2 is 1.91 bits per heavy atom. The summed E-state index contributed by atoms with van der Waals surface area (Å²) in [5.41, 5.74) is 3.63. The summed E-state index contributed by atoms with van der Waals surface area (Å²) in [6.45, 7) is 0.00633. The molecule has 4 rings (SSSR count). The van der Waals surface area contributed by atoms with E-state index in [0.717, 1.165) is 16.5 Å². The van der Waals surface area contributed by atoms with Crippen LogP contribution in [0, 0.1) is 11.3 Å². The standard InChI is InChI=1S/C22H17F3N8O/c1-12(21(34)31-11-22(23,24)25)32-19-10-28-9-18(33-19)17-8-30-20-16(17)3-15(7-29-20)14-2-13(4-26)5-27-6-14/h2-3,5-10,12H,11H2,1H3,(H,29,30)(H,31,34)(H,32,33)/t12-/m1/s1. The molecule has 0 saturated heterocycles. The molecule has 0 aliphatic rings. The van der Waals surface area contributed by atoms with Crippen LogP contribution in [0.3, 0.4) is 0 Å². The number of rotatable bonds is 6. The molecule has 4 heterocycles. The maximum atomic E-state index is 12.3. The number of aromatic amines is 1. The molecule has 4 aromatic rings. The van der Waals surface area contributed by atoms with Gasteiger partial charge in [0.25, 0.3) is 0 Å². The fourth-order valence-corrected chi connectivity index (χ4v) is 3.23. The maximum Gasteiger partial charge on any atom is 0.405 e. The molecule has 34 heavy (non-hydrogen) atoms. The van der Waals surface area contributed by atoms with Crippen molar-refractivity contribution in [2.24, 2.45) is 0 Å². The number of carbonyl (C=O) groups is 1. The lowest BCUT2D eigenvalue weighted by Gasteiger charge is -2.15. The molecule has 0 aliphatic heterocycles. The van der Waals surface area contributed by atoms with Gasteiger partial charge in [0, 0.05) is 46.9 Å². The highest BCUT2D eigenvalue weighted by atomic mass is 19.4. The number of anilines is 1. The molecule has 0 bridgehead atoms. The van der Waals surface area contributed by atoms with Crippen LogP contribution in [0.15, 0.2) is 49.3 Å². The van der Waals surface area contributed by atoms with Crippen LogP contribution in [-0.4, -0.2) is 49.6 Å². The van der Waals surface area contributed by atoms with Crippen molar-refractivity contribution in [2.75, 3.05) is 11.9 Å². The molecule has 0 saturated carbocycles. The molecule has 0 aliphatic carbocycles. The number of carbonyl (C=O) groups excluding carboxylic acids is 1. The average molecular weight is 466 g/mol. The van der Waals surface area contributed by atoms with Crippen LogP contribution in [0.4, 0.5) is 19.0 Å². The second-order valence-corrected chi connectivity index (χ2v) is 7.39. The number of nitriles is 1. The molecule has 4 aromatic heterocycles. The number of pyridine rings is 2. The Hall–Kier alpha value is -4.53. The number of nitrogens with one attached hydrogen (secondary N) is 3. The van der Waals surface area contributed by atoms with E-state index in [1.807, 2.05) is 11.4 Å². The quantitative estimate of drug-likeness (QED) is 0.397. The van der Waals surface area contributed by atoms with Crippen LogP contribution < -0.4 is 10.6 Å². The first kappa shape index (κ1) is 22.7. The Bertz CT molecular complexity index is 1390. The third-order valence-electron chi connectivity index (χ3n) is 4.86. The number of amides is 1. The number of alkyl halides is 3. The van der Waals surface area contributed by atoms with Crippen LogP contribution >= 0.6 is 0 Å². The first-order chi connectivity index (χ1) is 16.2. The number of fused-ring (bicyclic) bond motifs is 1. The van der Waals surface area contributed by atoms with Crippen molar-refractivity contribution < 1.29 is 18.0 Å². The Balaban J connectivity index is 1.59. The normalized spacial score (nSPS) is 12.2. The largest absolute Gasteiger partial charge is 0.405 e. The summed E-state index contributed by atoms with van der Waals surface area (Å²) in [7, 11) is 0. The predicted octanol–water partition coefficient (Wildman–Crippen LogP) is 3.43. The Morgan fingerprint density at radius 3 is 2.68 bits per heavy atom. The molecule has 1 amide bonds. The van der Waals surface area contributed by atoms with Gasteiger partial charge in [-0.2, -0.15) is 18.4 Å². The predicted molar refractivity (Wildman–Crippen MR) is 117 cm³/mol. The summed E-state index contributed by atoms with van der Waals surface area (Å²) in [4.78, 5) is 32.1. The van der Waals surface area contributed by atoms with Crippen molar-refractivity contribution in [3.05, 3.63) is 54.9 Å². The van der Waals surface area contributed by atoms with Crippen molar-refractivity contribution in [3.8, 4) is 28.5 Å². The van der Waals surface area contributed by atoms with Crippen LogP contribution in [0.25, 0.3) is 33.4 Å². The second kappa shape index (κ2) is 9.14. The van der Waals surface area contributed by atoms with E-state index in [2.05, 4.69) is 36.3 Å². The van der Waals surface area contributed by atoms with Gasteiger partial charge in [-0.3, -0.25) is 14.8 Å². The van der Waals surface area contributed by atoms with Crippen molar-refractivity contribution in [1.82, 2.24) is 30.2 Å². The number of H-pyrrole nitrogens is 1. The van der Waals surface area contributed by atoms with Crippen molar-refractivity contribution in [3.63, 3.8) is 0 Å². The van der Waals surface area contributed by atoms with E-state index in [-0.39, 0.29) is 5.82 Å². The lowest BCUT2D eigenvalue weighted by Crippen LogP contribution is -2.42. The zero-order valence-corrected chi connectivity index (χ0v) is 17.7. The molecule has 12 heteroatoms. The lowest BCUT2D eigenvalue weighted by molar-refractivity contribution is -0.138. The minimum atomic E-state index is -4.50. The summed E-state index contributed by atoms with van der Waals surface area (Å²) in [6.07, 6.45) is 4.86. The summed E-state index contributed by atoms with van der Waals surface area (Å²) in [5, 5.41) is 14.4. The summed E-state index contributed by atoms with van der Waals surface area (Å²) >= 11 is 0. The average Bonchev–Trinajstić information content (AvgIpc) is 3.25. The second-order valence-electron chi connectivity index (χ2n) is 7.39.